The van der Waals surface area contributed by atoms with Gasteiger partial charge in [0.05, 0.1) is 0 Å². The summed E-state index contributed by atoms with van der Waals surface area (Å²) in [5.41, 5.74) is 0.138. The van der Waals surface area contributed by atoms with E-state index in [1.54, 1.807) is 12.2 Å². The number of oxime groups is 1. The number of hydrogen-bond donors (Lipinski definition) is 0. The van der Waals surface area contributed by atoms with Crippen LogP contribution in [0.3, 0.4) is 0 Å². The first-order valence-corrected chi connectivity index (χ1v) is 7.34. The third-order valence-corrected chi connectivity index (χ3v) is 3.31. The molecule has 5 nitrogen and oxygen atoms in total. The first-order valence-electron chi connectivity index (χ1n) is 6.96. The number of Topliss-reactive ketones (excluding diaryl/α,β-unsaturated/α-hetero) is 2. The highest BCUT2D eigenvalue weighted by molar-refractivity contribution is 6.72. The Kier molecular flexibility index (Phi) is 5.60. The average Bonchev–Trinajstić information content (AvgIpc) is 2.56. The van der Waals surface area contributed by atoms with Crippen molar-refractivity contribution in [1.82, 2.24) is 0 Å². The third-order valence-electron chi connectivity index (χ3n) is 3.06. The molecule has 1 aromatic carbocycles. The minimum Gasteiger partial charge on any atom is -0.318 e. The molecule has 1 aliphatic carbocycles. The van der Waals surface area contributed by atoms with Gasteiger partial charge in [0.15, 0.2) is 5.71 Å². The highest BCUT2D eigenvalue weighted by Crippen LogP contribution is 2.15. The van der Waals surface area contributed by atoms with E-state index in [4.69, 9.17) is 11.6 Å². The second-order valence-corrected chi connectivity index (χ2v) is 5.26. The number of rotatable bonds is 5. The van der Waals surface area contributed by atoms with Gasteiger partial charge in [-0.3, -0.25) is 9.59 Å². The molecule has 6 heteroatoms. The molecule has 0 aromatic heterocycles. The number of nitrogens with zero attached hydrogens (tertiary/aromatic N) is 1. The molecular formula is C17H14ClNO4. The van der Waals surface area contributed by atoms with E-state index in [1.807, 2.05) is 6.08 Å². The summed E-state index contributed by atoms with van der Waals surface area (Å²) in [5.74, 6) is -1.93. The van der Waals surface area contributed by atoms with Crippen LogP contribution in [0, 0.1) is 0 Å². The molecule has 0 unspecified atom stereocenters. The molecule has 0 N–H and O–H groups in total. The fourth-order valence-electron chi connectivity index (χ4n) is 1.95. The van der Waals surface area contributed by atoms with E-state index < -0.39 is 23.2 Å². The molecule has 0 aliphatic heterocycles. The van der Waals surface area contributed by atoms with Crippen molar-refractivity contribution >= 4 is 34.8 Å². The molecule has 118 valence electrons. The minimum absolute atomic E-state index is 0.231. The van der Waals surface area contributed by atoms with Crippen LogP contribution < -0.4 is 0 Å². The van der Waals surface area contributed by atoms with Crippen molar-refractivity contribution in [2.24, 2.45) is 5.16 Å². The van der Waals surface area contributed by atoms with Crippen molar-refractivity contribution in [3.8, 4) is 0 Å². The average molecular weight is 332 g/mol. The molecule has 0 saturated heterocycles. The van der Waals surface area contributed by atoms with Crippen LogP contribution >= 0.6 is 11.6 Å². The predicted molar refractivity (Wildman–Crippen MR) is 86.4 cm³/mol. The third kappa shape index (κ3) is 4.47. The van der Waals surface area contributed by atoms with Crippen LogP contribution in [0.5, 0.6) is 0 Å². The summed E-state index contributed by atoms with van der Waals surface area (Å²) in [7, 11) is 0. The van der Waals surface area contributed by atoms with E-state index in [-0.39, 0.29) is 5.56 Å². The zero-order valence-corrected chi connectivity index (χ0v) is 13.2. The van der Waals surface area contributed by atoms with Gasteiger partial charge in [0.2, 0.25) is 11.6 Å². The molecule has 0 fully saturated rings. The topological polar surface area (TPSA) is 72.8 Å². The highest BCUT2D eigenvalue weighted by Gasteiger charge is 2.25. The number of allylic oxidation sites excluding steroid dienone is 4. The van der Waals surface area contributed by atoms with Crippen molar-refractivity contribution in [3.05, 3.63) is 58.7 Å². The van der Waals surface area contributed by atoms with Crippen LogP contribution in [-0.4, -0.2) is 23.2 Å². The first kappa shape index (κ1) is 16.8. The van der Waals surface area contributed by atoms with Crippen LogP contribution in [0.15, 0.2) is 53.2 Å². The van der Waals surface area contributed by atoms with E-state index in [0.29, 0.717) is 17.0 Å². The lowest BCUT2D eigenvalue weighted by molar-refractivity contribution is -0.140. The maximum absolute atomic E-state index is 12.5. The first-order chi connectivity index (χ1) is 11.0. The molecule has 0 amide bonds. The van der Waals surface area contributed by atoms with Crippen molar-refractivity contribution in [2.75, 3.05) is 0 Å². The van der Waals surface area contributed by atoms with Crippen molar-refractivity contribution < 1.29 is 19.2 Å². The summed E-state index contributed by atoms with van der Waals surface area (Å²) >= 11 is 5.79. The SMILES string of the molecule is CC(=O)O/N=C(/C(=O)C1=CCCC=C1)C(=O)c1ccc(Cl)cc1. The monoisotopic (exact) mass is 331 g/mol. The van der Waals surface area contributed by atoms with E-state index in [2.05, 4.69) is 9.99 Å². The molecule has 0 bridgehead atoms. The van der Waals surface area contributed by atoms with Gasteiger partial charge >= 0.3 is 5.97 Å². The Hall–Kier alpha value is -2.53. The Morgan fingerprint density at radius 1 is 1.09 bits per heavy atom. The Labute approximate surface area is 138 Å². The summed E-state index contributed by atoms with van der Waals surface area (Å²) in [6, 6.07) is 6.02. The number of hydrogen-bond acceptors (Lipinski definition) is 5. The van der Waals surface area contributed by atoms with Crippen molar-refractivity contribution in [1.29, 1.82) is 0 Å². The summed E-state index contributed by atoms with van der Waals surface area (Å²) < 4.78 is 0. The van der Waals surface area contributed by atoms with Gasteiger partial charge in [0.1, 0.15) is 0 Å². The zero-order valence-electron chi connectivity index (χ0n) is 12.4. The Morgan fingerprint density at radius 2 is 1.78 bits per heavy atom. The maximum atomic E-state index is 12.5. The van der Waals surface area contributed by atoms with Gasteiger partial charge in [-0.25, -0.2) is 4.79 Å². The maximum Gasteiger partial charge on any atom is 0.332 e. The number of carbonyl (C=O) groups excluding carboxylic acids is 3. The lowest BCUT2D eigenvalue weighted by Gasteiger charge is -2.08. The van der Waals surface area contributed by atoms with E-state index >= 15 is 0 Å². The minimum atomic E-state index is -0.715. The van der Waals surface area contributed by atoms with Gasteiger partial charge < -0.3 is 4.84 Å². The molecule has 1 aromatic rings. The highest BCUT2D eigenvalue weighted by atomic mass is 35.5. The molecular weight excluding hydrogens is 318 g/mol. The van der Waals surface area contributed by atoms with Crippen LogP contribution in [0.2, 0.25) is 5.02 Å². The number of carbonyl (C=O) groups is 3. The van der Waals surface area contributed by atoms with Gasteiger partial charge in [-0.15, -0.1) is 0 Å². The van der Waals surface area contributed by atoms with Gasteiger partial charge in [-0.05, 0) is 37.1 Å². The van der Waals surface area contributed by atoms with Crippen LogP contribution in [-0.2, 0) is 14.4 Å². The molecule has 0 radical (unpaired) electrons. The second-order valence-electron chi connectivity index (χ2n) is 4.83. The summed E-state index contributed by atoms with van der Waals surface area (Å²) in [4.78, 5) is 40.5. The van der Waals surface area contributed by atoms with E-state index in [0.717, 1.165) is 13.3 Å². The van der Waals surface area contributed by atoms with Gasteiger partial charge in [-0.1, -0.05) is 35.0 Å². The molecule has 0 heterocycles. The lowest BCUT2D eigenvalue weighted by Crippen LogP contribution is -2.26. The van der Waals surface area contributed by atoms with Gasteiger partial charge in [0.25, 0.3) is 0 Å². The van der Waals surface area contributed by atoms with Crippen molar-refractivity contribution in [2.45, 2.75) is 19.8 Å². The van der Waals surface area contributed by atoms with Crippen molar-refractivity contribution in [3.63, 3.8) is 0 Å². The Morgan fingerprint density at radius 3 is 2.35 bits per heavy atom. The van der Waals surface area contributed by atoms with Crippen LogP contribution in [0.25, 0.3) is 0 Å². The molecule has 0 saturated carbocycles. The molecule has 2 rings (SSSR count). The standard InChI is InChI=1S/C17H14ClNO4/c1-11(20)23-19-15(16(21)12-5-3-2-4-6-12)17(22)13-7-9-14(18)10-8-13/h3,5-10H,2,4H2,1H3/b19-15-. The van der Waals surface area contributed by atoms with Crippen LogP contribution in [0.1, 0.15) is 30.1 Å². The lowest BCUT2D eigenvalue weighted by atomic mass is 9.96. The second kappa shape index (κ2) is 7.65. The fraction of sp³-hybridized carbons (Fsp3) is 0.176. The normalized spacial score (nSPS) is 14.2. The predicted octanol–water partition coefficient (Wildman–Crippen LogP) is 3.29. The van der Waals surface area contributed by atoms with E-state index in [9.17, 15) is 14.4 Å². The summed E-state index contributed by atoms with van der Waals surface area (Å²) in [5, 5.41) is 3.92. The van der Waals surface area contributed by atoms with Gasteiger partial charge in [-0.2, -0.15) is 0 Å². The van der Waals surface area contributed by atoms with Crippen LogP contribution in [0.4, 0.5) is 0 Å². The number of benzene rings is 1. The molecule has 0 atom stereocenters. The Bertz CT molecular complexity index is 729. The Balaban J connectivity index is 2.35. The smallest absolute Gasteiger partial charge is 0.318 e. The largest absolute Gasteiger partial charge is 0.332 e. The zero-order chi connectivity index (χ0) is 16.8. The quantitative estimate of drug-likeness (QED) is 0.273. The summed E-state index contributed by atoms with van der Waals surface area (Å²) in [6.45, 7) is 1.14. The number of halogens is 1. The molecule has 1 aliphatic rings. The fourth-order valence-corrected chi connectivity index (χ4v) is 2.08. The number of ketones is 2. The summed E-state index contributed by atoms with van der Waals surface area (Å²) in [6.07, 6.45) is 6.72. The van der Waals surface area contributed by atoms with Gasteiger partial charge in [0, 0.05) is 23.1 Å². The molecule has 23 heavy (non-hydrogen) atoms. The van der Waals surface area contributed by atoms with E-state index in [1.165, 1.54) is 24.3 Å². The molecule has 0 spiro atoms.